The molecule has 1 aliphatic heterocycles. The summed E-state index contributed by atoms with van der Waals surface area (Å²) in [6.07, 6.45) is 5.45. The Labute approximate surface area is 148 Å². The van der Waals surface area contributed by atoms with E-state index in [0.29, 0.717) is 0 Å². The van der Waals surface area contributed by atoms with Crippen molar-refractivity contribution in [3.63, 3.8) is 0 Å². The first-order chi connectivity index (χ1) is 12.8. The van der Waals surface area contributed by atoms with Crippen LogP contribution in [0.3, 0.4) is 0 Å². The first-order valence-electron chi connectivity index (χ1n) is 8.27. The number of rotatable bonds is 2. The molecule has 0 spiro atoms. The summed E-state index contributed by atoms with van der Waals surface area (Å²) in [4.78, 5) is 7.04. The number of H-pyrrole nitrogens is 1. The molecule has 2 N–H and O–H groups in total. The summed E-state index contributed by atoms with van der Waals surface area (Å²) < 4.78 is 0. The first-order valence-corrected chi connectivity index (χ1v) is 8.27. The molecule has 1 aliphatic rings. The van der Waals surface area contributed by atoms with E-state index in [9.17, 15) is 5.11 Å². The van der Waals surface area contributed by atoms with Gasteiger partial charge in [0.2, 0.25) is 0 Å². The maximum atomic E-state index is 10.2. The van der Waals surface area contributed by atoms with Crippen molar-refractivity contribution in [2.75, 3.05) is 0 Å². The predicted molar refractivity (Wildman–Crippen MR) is 100 cm³/mol. The Bertz CT molecular complexity index is 1290. The van der Waals surface area contributed by atoms with Crippen molar-refractivity contribution in [1.82, 2.24) is 9.97 Å². The molecule has 0 amide bonds. The molecule has 0 bridgehead atoms. The Morgan fingerprint density at radius 1 is 0.923 bits per heavy atom. The van der Waals surface area contributed by atoms with Gasteiger partial charge in [-0.2, -0.15) is 0 Å². The number of aromatic nitrogens is 2. The largest absolute Gasteiger partial charge is 0.494 e. The molecule has 0 radical (unpaired) electrons. The maximum absolute atomic E-state index is 10.2. The number of azo groups is 1. The summed E-state index contributed by atoms with van der Waals surface area (Å²) in [5.74, 6) is 0.164. The van der Waals surface area contributed by atoms with E-state index in [1.807, 2.05) is 60.7 Å². The highest BCUT2D eigenvalue weighted by molar-refractivity contribution is 5.91. The lowest BCUT2D eigenvalue weighted by Crippen LogP contribution is -2.09. The normalized spacial score (nSPS) is 13.5. The lowest BCUT2D eigenvalue weighted by molar-refractivity contribution is 0.457. The molecular weight excluding hydrogens is 324 g/mol. The van der Waals surface area contributed by atoms with Gasteiger partial charge in [-0.15, -0.1) is 10.2 Å². The fourth-order valence-electron chi connectivity index (χ4n) is 3.26. The van der Waals surface area contributed by atoms with E-state index in [2.05, 4.69) is 20.2 Å². The fourth-order valence-corrected chi connectivity index (χ4v) is 3.26. The fraction of sp³-hybridized carbons (Fsp3) is 0. The Morgan fingerprint density at radius 2 is 1.77 bits per heavy atom. The summed E-state index contributed by atoms with van der Waals surface area (Å²) >= 11 is 0. The molecule has 5 nitrogen and oxygen atoms in total. The number of para-hydroxylation sites is 1. The minimum Gasteiger partial charge on any atom is -0.494 e. The van der Waals surface area contributed by atoms with E-state index < -0.39 is 0 Å². The van der Waals surface area contributed by atoms with Crippen LogP contribution in [0.4, 0.5) is 5.69 Å². The minimum absolute atomic E-state index is 0.164. The Balaban J connectivity index is 1.68. The molecule has 124 valence electrons. The predicted octanol–water partition coefficient (Wildman–Crippen LogP) is 3.35. The van der Waals surface area contributed by atoms with Crippen molar-refractivity contribution < 1.29 is 5.11 Å². The molecule has 2 aromatic carbocycles. The Kier molecular flexibility index (Phi) is 3.18. The molecule has 0 fully saturated rings. The zero-order chi connectivity index (χ0) is 17.5. The maximum Gasteiger partial charge on any atom is 0.196 e. The van der Waals surface area contributed by atoms with Gasteiger partial charge in [0.25, 0.3) is 0 Å². The third-order valence-corrected chi connectivity index (χ3v) is 4.52. The van der Waals surface area contributed by atoms with Gasteiger partial charge in [-0.25, -0.2) is 0 Å². The number of aromatic amines is 1. The molecule has 5 rings (SSSR count). The van der Waals surface area contributed by atoms with Gasteiger partial charge in [-0.3, -0.25) is 4.98 Å². The van der Waals surface area contributed by atoms with Gasteiger partial charge in [-0.1, -0.05) is 24.3 Å². The van der Waals surface area contributed by atoms with Gasteiger partial charge in [0, 0.05) is 39.6 Å². The van der Waals surface area contributed by atoms with Crippen LogP contribution in [0.2, 0.25) is 0 Å². The van der Waals surface area contributed by atoms with Crippen molar-refractivity contribution in [1.29, 1.82) is 0 Å². The molecular formula is C21H14N4O. The highest BCUT2D eigenvalue weighted by Gasteiger charge is 2.11. The Morgan fingerprint density at radius 3 is 2.65 bits per heavy atom. The number of hydrogen-bond acceptors (Lipinski definition) is 4. The number of nitrogens with one attached hydrogen (secondary N) is 1. The lowest BCUT2D eigenvalue weighted by atomic mass is 10.1. The second kappa shape index (κ2) is 5.67. The van der Waals surface area contributed by atoms with Gasteiger partial charge in [0.1, 0.15) is 5.70 Å². The van der Waals surface area contributed by atoms with Crippen molar-refractivity contribution in [3.05, 3.63) is 88.6 Å². The second-order valence-electron chi connectivity index (χ2n) is 6.14. The second-order valence-corrected chi connectivity index (χ2v) is 6.14. The van der Waals surface area contributed by atoms with E-state index in [1.165, 1.54) is 0 Å². The zero-order valence-corrected chi connectivity index (χ0v) is 13.7. The number of aromatic hydroxyl groups is 1. The van der Waals surface area contributed by atoms with E-state index >= 15 is 0 Å². The molecule has 0 saturated carbocycles. The highest BCUT2D eigenvalue weighted by atomic mass is 16.3. The summed E-state index contributed by atoms with van der Waals surface area (Å²) in [5, 5.41) is 21.8. The summed E-state index contributed by atoms with van der Waals surface area (Å²) in [6.45, 7) is 0. The summed E-state index contributed by atoms with van der Waals surface area (Å²) in [6, 6.07) is 17.7. The van der Waals surface area contributed by atoms with Crippen LogP contribution >= 0.6 is 0 Å². The highest BCUT2D eigenvalue weighted by Crippen LogP contribution is 2.27. The van der Waals surface area contributed by atoms with E-state index in [-0.39, 0.29) is 5.88 Å². The van der Waals surface area contributed by atoms with Gasteiger partial charge in [0.15, 0.2) is 5.88 Å². The van der Waals surface area contributed by atoms with Crippen molar-refractivity contribution in [2.24, 2.45) is 10.2 Å². The van der Waals surface area contributed by atoms with Gasteiger partial charge >= 0.3 is 0 Å². The van der Waals surface area contributed by atoms with E-state index in [4.69, 9.17) is 0 Å². The molecule has 5 heteroatoms. The van der Waals surface area contributed by atoms with Gasteiger partial charge in [0.05, 0.1) is 5.69 Å². The number of pyridine rings is 1. The molecule has 0 aliphatic carbocycles. The standard InChI is InChI=1S/C21H14N4O/c26-21-17(15-3-1-2-4-18(15)23-21)11-13-5-6-16-19(12-13)24-25-20(16)14-7-9-22-10-8-14/h1-12,23,26H. The Hall–Kier alpha value is -3.73. The lowest BCUT2D eigenvalue weighted by Gasteiger charge is -1.97. The minimum atomic E-state index is 0.164. The SMILES string of the molecule is Oc1[nH]c2ccccc2c1C=c1ccc2c(c1)N=NC=2c1ccncc1. The number of hydrogen-bond donors (Lipinski definition) is 2. The topological polar surface area (TPSA) is 73.6 Å². The van der Waals surface area contributed by atoms with Gasteiger partial charge < -0.3 is 10.1 Å². The first kappa shape index (κ1) is 14.6. The molecule has 0 atom stereocenters. The third kappa shape index (κ3) is 2.29. The molecule has 0 unspecified atom stereocenters. The molecule has 2 aromatic heterocycles. The van der Waals surface area contributed by atoms with Crippen LogP contribution in [0.15, 0.2) is 77.2 Å². The van der Waals surface area contributed by atoms with E-state index in [1.54, 1.807) is 12.4 Å². The van der Waals surface area contributed by atoms with Crippen molar-refractivity contribution >= 4 is 28.4 Å². The third-order valence-electron chi connectivity index (χ3n) is 4.52. The van der Waals surface area contributed by atoms with Crippen LogP contribution in [0.5, 0.6) is 5.88 Å². The quantitative estimate of drug-likeness (QED) is 0.588. The van der Waals surface area contributed by atoms with Crippen LogP contribution in [-0.2, 0) is 0 Å². The van der Waals surface area contributed by atoms with Crippen molar-refractivity contribution in [3.8, 4) is 5.88 Å². The summed E-state index contributed by atoms with van der Waals surface area (Å²) in [7, 11) is 0. The smallest absolute Gasteiger partial charge is 0.196 e. The van der Waals surface area contributed by atoms with Crippen LogP contribution in [0.25, 0.3) is 22.7 Å². The zero-order valence-electron chi connectivity index (χ0n) is 13.7. The average Bonchev–Trinajstić information content (AvgIpc) is 3.23. The molecule has 4 aromatic rings. The number of nitrogens with zero attached hydrogens (tertiary/aromatic N) is 3. The monoisotopic (exact) mass is 338 g/mol. The molecule has 26 heavy (non-hydrogen) atoms. The van der Waals surface area contributed by atoms with Gasteiger partial charge in [-0.05, 0) is 41.6 Å². The van der Waals surface area contributed by atoms with E-state index in [0.717, 1.165) is 43.9 Å². The number of fused-ring (bicyclic) bond motifs is 2. The van der Waals surface area contributed by atoms with Crippen LogP contribution < -0.4 is 10.4 Å². The molecule has 3 heterocycles. The average molecular weight is 338 g/mol. The summed E-state index contributed by atoms with van der Waals surface area (Å²) in [5.41, 5.74) is 4.35. The van der Waals surface area contributed by atoms with Crippen molar-refractivity contribution in [2.45, 2.75) is 0 Å². The number of benzene rings is 2. The van der Waals surface area contributed by atoms with Crippen LogP contribution in [0.1, 0.15) is 11.1 Å². The molecule has 0 saturated heterocycles. The van der Waals surface area contributed by atoms with Crippen LogP contribution in [-0.4, -0.2) is 15.1 Å². The van der Waals surface area contributed by atoms with Crippen LogP contribution in [0, 0.1) is 0 Å².